The van der Waals surface area contributed by atoms with Crippen molar-refractivity contribution in [1.29, 1.82) is 0 Å². The SMILES string of the molecule is CCc1nc(-c2cnc(N)c(C(F)(F)F)c2)cn1[C@H]1[C@@H]2CN(C(C)=O)C[C@@H]21. The summed E-state index contributed by atoms with van der Waals surface area (Å²) in [6, 6.07) is 1.25. The van der Waals surface area contributed by atoms with Gasteiger partial charge in [-0.1, -0.05) is 6.92 Å². The lowest BCUT2D eigenvalue weighted by Gasteiger charge is -2.18. The van der Waals surface area contributed by atoms with E-state index in [4.69, 9.17) is 5.73 Å². The number of hydrogen-bond acceptors (Lipinski definition) is 4. The largest absolute Gasteiger partial charge is 0.419 e. The molecule has 1 saturated heterocycles. The Morgan fingerprint density at radius 2 is 2.00 bits per heavy atom. The van der Waals surface area contributed by atoms with Crippen LogP contribution in [0.4, 0.5) is 19.0 Å². The lowest BCUT2D eigenvalue weighted by molar-refractivity contribution is -0.137. The zero-order chi connectivity index (χ0) is 19.5. The van der Waals surface area contributed by atoms with E-state index < -0.39 is 17.6 Å². The zero-order valence-electron chi connectivity index (χ0n) is 15.0. The van der Waals surface area contributed by atoms with Crippen LogP contribution < -0.4 is 5.73 Å². The molecule has 0 spiro atoms. The van der Waals surface area contributed by atoms with Crippen molar-refractivity contribution in [2.75, 3.05) is 18.8 Å². The Balaban J connectivity index is 1.63. The number of aryl methyl sites for hydroxylation is 1. The summed E-state index contributed by atoms with van der Waals surface area (Å²) < 4.78 is 41.4. The van der Waals surface area contributed by atoms with Crippen LogP contribution in [0, 0.1) is 11.8 Å². The Morgan fingerprint density at radius 3 is 2.56 bits per heavy atom. The van der Waals surface area contributed by atoms with Gasteiger partial charge in [0.05, 0.1) is 11.3 Å². The highest BCUT2D eigenvalue weighted by atomic mass is 19.4. The van der Waals surface area contributed by atoms with E-state index in [2.05, 4.69) is 14.5 Å². The Hall–Kier alpha value is -2.58. The second-order valence-electron chi connectivity index (χ2n) is 7.20. The van der Waals surface area contributed by atoms with E-state index in [1.807, 2.05) is 11.8 Å². The van der Waals surface area contributed by atoms with Gasteiger partial charge in [-0.05, 0) is 6.07 Å². The molecular formula is C18H20F3N5O. The van der Waals surface area contributed by atoms with Crippen molar-refractivity contribution >= 4 is 11.7 Å². The molecule has 2 aromatic rings. The van der Waals surface area contributed by atoms with Gasteiger partial charge in [0.25, 0.3) is 0 Å². The highest BCUT2D eigenvalue weighted by Crippen LogP contribution is 2.56. The van der Waals surface area contributed by atoms with Crippen LogP contribution in [0.25, 0.3) is 11.3 Å². The number of anilines is 1. The quantitative estimate of drug-likeness (QED) is 0.890. The van der Waals surface area contributed by atoms with Gasteiger partial charge in [0.1, 0.15) is 11.6 Å². The maximum atomic E-state index is 13.1. The van der Waals surface area contributed by atoms with E-state index in [1.165, 1.54) is 6.20 Å². The first-order valence-electron chi connectivity index (χ1n) is 8.87. The number of nitrogens with two attached hydrogens (primary N) is 1. The molecule has 0 bridgehead atoms. The molecule has 0 aromatic carbocycles. The molecule has 2 N–H and O–H groups in total. The van der Waals surface area contributed by atoms with Crippen LogP contribution in [0.2, 0.25) is 0 Å². The molecule has 4 rings (SSSR count). The van der Waals surface area contributed by atoms with Crippen LogP contribution >= 0.6 is 0 Å². The first-order valence-corrected chi connectivity index (χ1v) is 8.87. The Labute approximate surface area is 154 Å². The fraction of sp³-hybridized carbons (Fsp3) is 0.500. The number of rotatable bonds is 3. The molecule has 3 atom stereocenters. The van der Waals surface area contributed by atoms with Gasteiger partial charge in [-0.25, -0.2) is 9.97 Å². The van der Waals surface area contributed by atoms with Crippen molar-refractivity contribution in [3.8, 4) is 11.3 Å². The normalized spacial score (nSPS) is 24.2. The van der Waals surface area contributed by atoms with Crippen molar-refractivity contribution in [3.05, 3.63) is 29.8 Å². The van der Waals surface area contributed by atoms with E-state index in [-0.39, 0.29) is 11.9 Å². The first-order chi connectivity index (χ1) is 12.7. The van der Waals surface area contributed by atoms with E-state index in [1.54, 1.807) is 13.1 Å². The van der Waals surface area contributed by atoms with Crippen molar-refractivity contribution in [1.82, 2.24) is 19.4 Å². The summed E-state index contributed by atoms with van der Waals surface area (Å²) in [6.07, 6.45) is -0.775. The molecule has 1 amide bonds. The summed E-state index contributed by atoms with van der Waals surface area (Å²) in [5.74, 6) is 1.13. The predicted molar refractivity (Wildman–Crippen MR) is 92.5 cm³/mol. The number of amides is 1. The van der Waals surface area contributed by atoms with Gasteiger partial charge in [-0.3, -0.25) is 4.79 Å². The van der Waals surface area contributed by atoms with Crippen LogP contribution in [0.3, 0.4) is 0 Å². The first kappa shape index (κ1) is 17.8. The van der Waals surface area contributed by atoms with Gasteiger partial charge in [-0.2, -0.15) is 13.2 Å². The van der Waals surface area contributed by atoms with Gasteiger partial charge in [-0.15, -0.1) is 0 Å². The Bertz CT molecular complexity index is 895. The second kappa shape index (κ2) is 5.97. The standard InChI is InChI=1S/C18H20F3N5O/c1-3-15-24-14(10-4-13(18(19,20)21)17(22)23-5-10)8-26(15)16-11-6-25(9(2)27)7-12(11)16/h4-5,8,11-12,16H,3,6-7H2,1-2H3,(H2,22,23)/t11-,12+,16+. The molecular weight excluding hydrogens is 359 g/mol. The summed E-state index contributed by atoms with van der Waals surface area (Å²) in [7, 11) is 0. The van der Waals surface area contributed by atoms with Gasteiger partial charge >= 0.3 is 6.18 Å². The van der Waals surface area contributed by atoms with Crippen molar-refractivity contribution < 1.29 is 18.0 Å². The molecule has 6 nitrogen and oxygen atoms in total. The Morgan fingerprint density at radius 1 is 1.33 bits per heavy atom. The monoisotopic (exact) mass is 379 g/mol. The number of aromatic nitrogens is 3. The fourth-order valence-electron chi connectivity index (χ4n) is 4.10. The number of nitrogens with zero attached hydrogens (tertiary/aromatic N) is 4. The number of pyridine rings is 1. The third kappa shape index (κ3) is 2.94. The molecule has 1 aliphatic heterocycles. The molecule has 0 unspecified atom stereocenters. The number of carbonyl (C=O) groups excluding carboxylic acids is 1. The number of carbonyl (C=O) groups is 1. The number of piperidine rings is 1. The predicted octanol–water partition coefficient (Wildman–Crippen LogP) is 2.76. The molecule has 2 fully saturated rings. The molecule has 0 radical (unpaired) electrons. The van der Waals surface area contributed by atoms with Crippen molar-refractivity contribution in [2.45, 2.75) is 32.5 Å². The number of imidazole rings is 1. The summed E-state index contributed by atoms with van der Waals surface area (Å²) in [5.41, 5.74) is 5.18. The van der Waals surface area contributed by atoms with Gasteiger partial charge < -0.3 is 15.2 Å². The maximum absolute atomic E-state index is 13.1. The molecule has 3 heterocycles. The van der Waals surface area contributed by atoms with Crippen LogP contribution in [0.15, 0.2) is 18.5 Å². The number of hydrogen-bond donors (Lipinski definition) is 1. The van der Waals surface area contributed by atoms with Crippen LogP contribution in [-0.2, 0) is 17.4 Å². The maximum Gasteiger partial charge on any atom is 0.419 e. The van der Waals surface area contributed by atoms with E-state index in [0.717, 1.165) is 25.0 Å². The van der Waals surface area contributed by atoms with Gasteiger partial charge in [0.15, 0.2) is 0 Å². The second-order valence-corrected chi connectivity index (χ2v) is 7.20. The minimum absolute atomic E-state index is 0.0793. The van der Waals surface area contributed by atoms with Crippen molar-refractivity contribution in [3.63, 3.8) is 0 Å². The molecule has 2 aliphatic rings. The summed E-state index contributed by atoms with van der Waals surface area (Å²) >= 11 is 0. The molecule has 144 valence electrons. The third-order valence-corrected chi connectivity index (χ3v) is 5.56. The minimum Gasteiger partial charge on any atom is -0.383 e. The average Bonchev–Trinajstić information content (AvgIpc) is 2.98. The van der Waals surface area contributed by atoms with Crippen molar-refractivity contribution in [2.24, 2.45) is 11.8 Å². The number of likely N-dealkylation sites (tertiary alicyclic amines) is 1. The smallest absolute Gasteiger partial charge is 0.383 e. The molecule has 27 heavy (non-hydrogen) atoms. The minimum atomic E-state index is -4.56. The van der Waals surface area contributed by atoms with Gasteiger partial charge in [0, 0.05) is 62.3 Å². The molecule has 1 aliphatic carbocycles. The molecule has 9 heteroatoms. The number of nitrogen functional groups attached to an aromatic ring is 1. The highest BCUT2D eigenvalue weighted by Gasteiger charge is 2.57. The van der Waals surface area contributed by atoms with E-state index in [9.17, 15) is 18.0 Å². The average molecular weight is 379 g/mol. The summed E-state index contributed by atoms with van der Waals surface area (Å²) in [6.45, 7) is 4.98. The number of alkyl halides is 3. The van der Waals surface area contributed by atoms with E-state index >= 15 is 0 Å². The number of fused-ring (bicyclic) bond motifs is 1. The lowest BCUT2D eigenvalue weighted by atomic mass is 10.1. The zero-order valence-corrected chi connectivity index (χ0v) is 15.0. The fourth-order valence-corrected chi connectivity index (χ4v) is 4.10. The summed E-state index contributed by atoms with van der Waals surface area (Å²) in [5, 5.41) is 0. The third-order valence-electron chi connectivity index (χ3n) is 5.56. The number of halogens is 3. The van der Waals surface area contributed by atoms with Crippen LogP contribution in [0.1, 0.15) is 31.3 Å². The van der Waals surface area contributed by atoms with Crippen LogP contribution in [-0.4, -0.2) is 38.4 Å². The molecule has 2 aromatic heterocycles. The van der Waals surface area contributed by atoms with Crippen LogP contribution in [0.5, 0.6) is 0 Å². The van der Waals surface area contributed by atoms with Gasteiger partial charge in [0.2, 0.25) is 5.91 Å². The Kier molecular flexibility index (Phi) is 3.94. The topological polar surface area (TPSA) is 77.0 Å². The molecule has 1 saturated carbocycles. The summed E-state index contributed by atoms with van der Waals surface area (Å²) in [4.78, 5) is 21.6. The van der Waals surface area contributed by atoms with E-state index in [0.29, 0.717) is 29.5 Å². The highest BCUT2D eigenvalue weighted by molar-refractivity contribution is 5.74. The lowest BCUT2D eigenvalue weighted by Crippen LogP contribution is -2.29.